The van der Waals surface area contributed by atoms with Gasteiger partial charge < -0.3 is 4.90 Å². The number of thiol groups is 1. The summed E-state index contributed by atoms with van der Waals surface area (Å²) in [5.41, 5.74) is 0.472. The summed E-state index contributed by atoms with van der Waals surface area (Å²) in [7, 11) is 0. The van der Waals surface area contributed by atoms with E-state index in [1.807, 2.05) is 0 Å². The third kappa shape index (κ3) is 3.22. The van der Waals surface area contributed by atoms with Crippen LogP contribution < -0.4 is 0 Å². The highest BCUT2D eigenvalue weighted by Gasteiger charge is 2.27. The minimum Gasteiger partial charge on any atom is -0.327 e. The fourth-order valence-electron chi connectivity index (χ4n) is 1.79. The van der Waals surface area contributed by atoms with Gasteiger partial charge >= 0.3 is 0 Å². The third-order valence-corrected chi connectivity index (χ3v) is 3.53. The maximum atomic E-state index is 12.4. The average molecular weight is 280 g/mol. The molecule has 0 atom stereocenters. The first kappa shape index (κ1) is 13.3. The highest BCUT2D eigenvalue weighted by molar-refractivity contribution is 7.80. The van der Waals surface area contributed by atoms with Crippen molar-refractivity contribution in [1.82, 2.24) is 4.90 Å². The molecular weight excluding hydrogens is 266 g/mol. The number of hydrogen-bond acceptors (Lipinski definition) is 2. The Morgan fingerprint density at radius 3 is 2.89 bits per heavy atom. The summed E-state index contributed by atoms with van der Waals surface area (Å²) in [5, 5.41) is 0.440. The fraction of sp³-hybridized carbons (Fsp3) is 0.357. The van der Waals surface area contributed by atoms with E-state index >= 15 is 0 Å². The zero-order valence-electron chi connectivity index (χ0n) is 9.90. The highest BCUT2D eigenvalue weighted by Crippen LogP contribution is 2.30. The van der Waals surface area contributed by atoms with E-state index in [2.05, 4.69) is 18.5 Å². The van der Waals surface area contributed by atoms with Gasteiger partial charge in [-0.1, -0.05) is 17.5 Å². The number of carbonyl (C=O) groups is 1. The Morgan fingerprint density at radius 1 is 1.56 bits per heavy atom. The molecule has 1 aliphatic rings. The number of terminal acetylenes is 1. The molecule has 18 heavy (non-hydrogen) atoms. The Kier molecular flexibility index (Phi) is 4.21. The first-order valence-electron chi connectivity index (χ1n) is 5.83. The summed E-state index contributed by atoms with van der Waals surface area (Å²) < 4.78 is 0. The van der Waals surface area contributed by atoms with Crippen molar-refractivity contribution in [1.29, 1.82) is 0 Å². The molecule has 0 unspecified atom stereocenters. The average Bonchev–Trinajstić information content (AvgIpc) is 3.15. The second-order valence-corrected chi connectivity index (χ2v) is 5.42. The van der Waals surface area contributed by atoms with Crippen molar-refractivity contribution in [2.45, 2.75) is 17.7 Å². The first-order chi connectivity index (χ1) is 8.61. The number of nitrogens with zero attached hydrogens (tertiary/aromatic N) is 1. The van der Waals surface area contributed by atoms with Crippen LogP contribution in [0.4, 0.5) is 0 Å². The molecule has 0 saturated heterocycles. The van der Waals surface area contributed by atoms with Crippen molar-refractivity contribution in [3.63, 3.8) is 0 Å². The molecule has 1 amide bonds. The van der Waals surface area contributed by atoms with E-state index in [1.165, 1.54) is 12.8 Å². The molecule has 2 nitrogen and oxygen atoms in total. The number of amides is 1. The lowest BCUT2D eigenvalue weighted by atomic mass is 10.2. The summed E-state index contributed by atoms with van der Waals surface area (Å²) in [6, 6.07) is 5.13. The normalized spacial score (nSPS) is 14.1. The molecule has 0 N–H and O–H groups in total. The maximum Gasteiger partial charge on any atom is 0.256 e. The zero-order chi connectivity index (χ0) is 13.1. The van der Waals surface area contributed by atoms with E-state index in [-0.39, 0.29) is 5.91 Å². The van der Waals surface area contributed by atoms with Crippen LogP contribution in [0.25, 0.3) is 0 Å². The largest absolute Gasteiger partial charge is 0.327 e. The molecule has 4 heteroatoms. The van der Waals surface area contributed by atoms with E-state index in [9.17, 15) is 4.79 Å². The molecule has 0 spiro atoms. The molecule has 0 bridgehead atoms. The van der Waals surface area contributed by atoms with Gasteiger partial charge in [0, 0.05) is 11.4 Å². The summed E-state index contributed by atoms with van der Waals surface area (Å²) >= 11 is 10.3. The lowest BCUT2D eigenvalue weighted by Crippen LogP contribution is -2.33. The van der Waals surface area contributed by atoms with Crippen LogP contribution in [-0.4, -0.2) is 23.9 Å². The molecule has 0 aliphatic heterocycles. The number of rotatable bonds is 4. The van der Waals surface area contributed by atoms with Crippen molar-refractivity contribution in [3.05, 3.63) is 28.8 Å². The lowest BCUT2D eigenvalue weighted by Gasteiger charge is -2.20. The topological polar surface area (TPSA) is 20.3 Å². The molecule has 0 radical (unpaired) electrons. The van der Waals surface area contributed by atoms with Gasteiger partial charge in [-0.05, 0) is 37.0 Å². The number of carbonyl (C=O) groups excluding carboxylic acids is 1. The third-order valence-electron chi connectivity index (χ3n) is 2.93. The van der Waals surface area contributed by atoms with Crippen LogP contribution in [-0.2, 0) is 0 Å². The molecule has 2 rings (SSSR count). The van der Waals surface area contributed by atoms with Crippen molar-refractivity contribution < 1.29 is 4.79 Å². The number of halogens is 1. The van der Waals surface area contributed by atoms with Crippen LogP contribution >= 0.6 is 24.2 Å². The Labute approximate surface area is 118 Å². The minimum atomic E-state index is -0.110. The van der Waals surface area contributed by atoms with Crippen LogP contribution in [0.2, 0.25) is 5.02 Å². The SMILES string of the molecule is C#CCN(CC1CC1)C(=O)c1cc(S)ccc1Cl. The Hall–Kier alpha value is -1.11. The van der Waals surface area contributed by atoms with Gasteiger partial charge in [0.25, 0.3) is 5.91 Å². The molecule has 1 fully saturated rings. The van der Waals surface area contributed by atoms with E-state index in [1.54, 1.807) is 23.1 Å². The van der Waals surface area contributed by atoms with Crippen LogP contribution in [0.1, 0.15) is 23.2 Å². The number of hydrogen-bond donors (Lipinski definition) is 1. The summed E-state index contributed by atoms with van der Waals surface area (Å²) in [6.07, 6.45) is 7.67. The predicted octanol–water partition coefficient (Wildman–Crippen LogP) is 3.11. The van der Waals surface area contributed by atoms with Gasteiger partial charge in [0.2, 0.25) is 0 Å². The second kappa shape index (κ2) is 5.69. The van der Waals surface area contributed by atoms with Gasteiger partial charge in [-0.2, -0.15) is 0 Å². The van der Waals surface area contributed by atoms with E-state index in [0.717, 1.165) is 11.4 Å². The van der Waals surface area contributed by atoms with E-state index in [0.29, 0.717) is 23.0 Å². The molecule has 1 aliphatic carbocycles. The van der Waals surface area contributed by atoms with Crippen molar-refractivity contribution >= 4 is 30.1 Å². The van der Waals surface area contributed by atoms with E-state index < -0.39 is 0 Å². The predicted molar refractivity (Wildman–Crippen MR) is 76.2 cm³/mol. The van der Waals surface area contributed by atoms with Gasteiger partial charge in [-0.15, -0.1) is 19.1 Å². The van der Waals surface area contributed by atoms with Gasteiger partial charge in [0.15, 0.2) is 0 Å². The Bertz CT molecular complexity index is 505. The quantitative estimate of drug-likeness (QED) is 0.663. The Morgan fingerprint density at radius 2 is 2.28 bits per heavy atom. The molecule has 0 aromatic heterocycles. The zero-order valence-corrected chi connectivity index (χ0v) is 11.5. The summed E-state index contributed by atoms with van der Waals surface area (Å²) in [4.78, 5) is 14.8. The molecule has 0 heterocycles. The van der Waals surface area contributed by atoms with Gasteiger partial charge in [-0.3, -0.25) is 4.79 Å². The molecule has 94 valence electrons. The van der Waals surface area contributed by atoms with Crippen LogP contribution in [0, 0.1) is 18.3 Å². The highest BCUT2D eigenvalue weighted by atomic mass is 35.5. The summed E-state index contributed by atoms with van der Waals surface area (Å²) in [5.74, 6) is 3.02. The van der Waals surface area contributed by atoms with Crippen molar-refractivity contribution in [2.75, 3.05) is 13.1 Å². The first-order valence-corrected chi connectivity index (χ1v) is 6.65. The van der Waals surface area contributed by atoms with Gasteiger partial charge in [0.05, 0.1) is 17.1 Å². The number of benzene rings is 1. The monoisotopic (exact) mass is 279 g/mol. The second-order valence-electron chi connectivity index (χ2n) is 4.50. The fourth-order valence-corrected chi connectivity index (χ4v) is 2.19. The molecule has 1 aromatic rings. The van der Waals surface area contributed by atoms with E-state index in [4.69, 9.17) is 18.0 Å². The smallest absolute Gasteiger partial charge is 0.256 e. The van der Waals surface area contributed by atoms with Crippen LogP contribution in [0.15, 0.2) is 23.1 Å². The standard InChI is InChI=1S/C14H14ClNOS/c1-2-7-16(9-10-3-4-10)14(17)12-8-11(18)5-6-13(12)15/h1,5-6,8,10,18H,3-4,7,9H2. The molecule has 1 saturated carbocycles. The molecular formula is C14H14ClNOS. The van der Waals surface area contributed by atoms with Crippen molar-refractivity contribution in [3.8, 4) is 12.3 Å². The Balaban J connectivity index is 2.20. The minimum absolute atomic E-state index is 0.110. The lowest BCUT2D eigenvalue weighted by molar-refractivity contribution is 0.0769. The van der Waals surface area contributed by atoms with Crippen LogP contribution in [0.3, 0.4) is 0 Å². The van der Waals surface area contributed by atoms with Crippen molar-refractivity contribution in [2.24, 2.45) is 5.92 Å². The van der Waals surface area contributed by atoms with Gasteiger partial charge in [-0.25, -0.2) is 0 Å². The summed E-state index contributed by atoms with van der Waals surface area (Å²) in [6.45, 7) is 1.04. The maximum absolute atomic E-state index is 12.4. The van der Waals surface area contributed by atoms with Gasteiger partial charge in [0.1, 0.15) is 0 Å². The van der Waals surface area contributed by atoms with Crippen LogP contribution in [0.5, 0.6) is 0 Å². The molecule has 1 aromatic carbocycles.